The largest absolute Gasteiger partial charge is 0.338 e. The Morgan fingerprint density at radius 1 is 1.10 bits per heavy atom. The number of anilines is 1. The van der Waals surface area contributed by atoms with Crippen LogP contribution in [-0.4, -0.2) is 34.8 Å². The van der Waals surface area contributed by atoms with Crippen LogP contribution >= 0.6 is 11.3 Å². The third kappa shape index (κ3) is 4.54. The molecule has 1 aliphatic rings. The molecule has 1 aliphatic heterocycles. The Bertz CT molecular complexity index is 998. The molecule has 2 heterocycles. The predicted octanol–water partition coefficient (Wildman–Crippen LogP) is 4.61. The van der Waals surface area contributed by atoms with Crippen molar-refractivity contribution in [1.29, 1.82) is 0 Å². The number of aromatic nitrogens is 1. The van der Waals surface area contributed by atoms with Gasteiger partial charge in [-0.2, -0.15) is 0 Å². The maximum Gasteiger partial charge on any atom is 0.253 e. The van der Waals surface area contributed by atoms with Crippen molar-refractivity contribution in [3.8, 4) is 11.3 Å². The van der Waals surface area contributed by atoms with Gasteiger partial charge in [-0.3, -0.25) is 9.59 Å². The lowest BCUT2D eigenvalue weighted by atomic mass is 9.96. The van der Waals surface area contributed by atoms with Gasteiger partial charge in [-0.1, -0.05) is 48.0 Å². The quantitative estimate of drug-likeness (QED) is 0.689. The SMILES string of the molecule is Cc1ccc(C(=O)N2CCCC(C(=O)Nc3nc(-c4ccccc4)cs3)C2)cc1. The van der Waals surface area contributed by atoms with Crippen molar-refractivity contribution in [2.75, 3.05) is 18.4 Å². The second-order valence-corrected chi connectivity index (χ2v) is 8.21. The Kier molecular flexibility index (Phi) is 5.71. The molecule has 1 N–H and O–H groups in total. The highest BCUT2D eigenvalue weighted by Gasteiger charge is 2.29. The molecule has 1 saturated heterocycles. The molecule has 0 spiro atoms. The van der Waals surface area contributed by atoms with Gasteiger partial charge in [0.25, 0.3) is 5.91 Å². The van der Waals surface area contributed by atoms with Crippen molar-refractivity contribution in [3.63, 3.8) is 0 Å². The summed E-state index contributed by atoms with van der Waals surface area (Å²) in [7, 11) is 0. The van der Waals surface area contributed by atoms with E-state index in [1.807, 2.05) is 66.9 Å². The normalized spacial score (nSPS) is 16.4. The summed E-state index contributed by atoms with van der Waals surface area (Å²) in [6.07, 6.45) is 1.60. The van der Waals surface area contributed by atoms with E-state index in [0.717, 1.165) is 29.7 Å². The number of nitrogens with one attached hydrogen (secondary N) is 1. The molecule has 6 heteroatoms. The van der Waals surface area contributed by atoms with E-state index < -0.39 is 0 Å². The summed E-state index contributed by atoms with van der Waals surface area (Å²) in [6, 6.07) is 17.5. The number of benzene rings is 2. The maximum atomic E-state index is 12.8. The fourth-order valence-electron chi connectivity index (χ4n) is 3.53. The lowest BCUT2D eigenvalue weighted by Gasteiger charge is -2.32. The first-order valence-electron chi connectivity index (χ1n) is 9.78. The molecule has 0 aliphatic carbocycles. The second-order valence-electron chi connectivity index (χ2n) is 7.35. The molecule has 0 saturated carbocycles. The van der Waals surface area contributed by atoms with Crippen LogP contribution in [0.4, 0.5) is 5.13 Å². The number of aryl methyl sites for hydroxylation is 1. The van der Waals surface area contributed by atoms with Crippen LogP contribution in [0.3, 0.4) is 0 Å². The minimum absolute atomic E-state index is 0.0110. The van der Waals surface area contributed by atoms with Crippen molar-refractivity contribution in [2.45, 2.75) is 19.8 Å². The van der Waals surface area contributed by atoms with Crippen LogP contribution in [0.2, 0.25) is 0 Å². The van der Waals surface area contributed by atoms with Gasteiger partial charge in [-0.05, 0) is 31.9 Å². The average molecular weight is 406 g/mol. The highest BCUT2D eigenvalue weighted by molar-refractivity contribution is 7.14. The van der Waals surface area contributed by atoms with E-state index in [1.54, 1.807) is 4.90 Å². The molecule has 3 aromatic rings. The zero-order chi connectivity index (χ0) is 20.2. The minimum atomic E-state index is -0.220. The van der Waals surface area contributed by atoms with Crippen LogP contribution < -0.4 is 5.32 Å². The first kappa shape index (κ1) is 19.3. The molecule has 1 fully saturated rings. The maximum absolute atomic E-state index is 12.8. The van der Waals surface area contributed by atoms with Crippen LogP contribution in [-0.2, 0) is 4.79 Å². The molecule has 1 atom stereocenters. The van der Waals surface area contributed by atoms with Crippen molar-refractivity contribution in [2.24, 2.45) is 5.92 Å². The Labute approximate surface area is 174 Å². The van der Waals surface area contributed by atoms with Crippen LogP contribution in [0, 0.1) is 12.8 Å². The summed E-state index contributed by atoms with van der Waals surface area (Å²) in [4.78, 5) is 31.9. The summed E-state index contributed by atoms with van der Waals surface area (Å²) >= 11 is 1.42. The lowest BCUT2D eigenvalue weighted by Crippen LogP contribution is -2.43. The molecule has 0 bridgehead atoms. The van der Waals surface area contributed by atoms with Crippen LogP contribution in [0.15, 0.2) is 60.0 Å². The Morgan fingerprint density at radius 3 is 2.62 bits per heavy atom. The number of thiazole rings is 1. The number of amides is 2. The van der Waals surface area contributed by atoms with Gasteiger partial charge in [0.15, 0.2) is 5.13 Å². The molecule has 2 aromatic carbocycles. The Hall–Kier alpha value is -2.99. The summed E-state index contributed by atoms with van der Waals surface area (Å²) < 4.78 is 0. The van der Waals surface area contributed by atoms with Gasteiger partial charge in [0, 0.05) is 29.6 Å². The van der Waals surface area contributed by atoms with Gasteiger partial charge in [-0.15, -0.1) is 11.3 Å². The fourth-order valence-corrected chi connectivity index (χ4v) is 4.26. The second kappa shape index (κ2) is 8.57. The van der Waals surface area contributed by atoms with Gasteiger partial charge >= 0.3 is 0 Å². The summed E-state index contributed by atoms with van der Waals surface area (Å²) in [5.74, 6) is -0.300. The number of nitrogens with zero attached hydrogens (tertiary/aromatic N) is 2. The standard InChI is InChI=1S/C23H23N3O2S/c1-16-9-11-18(12-10-16)22(28)26-13-5-8-19(14-26)21(27)25-23-24-20(15-29-23)17-6-3-2-4-7-17/h2-4,6-7,9-12,15,19H,5,8,13-14H2,1H3,(H,24,25,27). The number of rotatable bonds is 4. The third-order valence-corrected chi connectivity index (χ3v) is 5.94. The van der Waals surface area contributed by atoms with E-state index >= 15 is 0 Å². The number of hydrogen-bond donors (Lipinski definition) is 1. The highest BCUT2D eigenvalue weighted by Crippen LogP contribution is 2.26. The molecule has 29 heavy (non-hydrogen) atoms. The van der Waals surface area contributed by atoms with E-state index in [2.05, 4.69) is 10.3 Å². The summed E-state index contributed by atoms with van der Waals surface area (Å²) in [5, 5.41) is 5.48. The zero-order valence-corrected chi connectivity index (χ0v) is 17.1. The molecular formula is C23H23N3O2S. The molecule has 2 amide bonds. The van der Waals surface area contributed by atoms with E-state index in [9.17, 15) is 9.59 Å². The zero-order valence-electron chi connectivity index (χ0n) is 16.3. The number of hydrogen-bond acceptors (Lipinski definition) is 4. The van der Waals surface area contributed by atoms with Gasteiger partial charge in [0.05, 0.1) is 11.6 Å². The van der Waals surface area contributed by atoms with E-state index in [4.69, 9.17) is 0 Å². The van der Waals surface area contributed by atoms with E-state index in [0.29, 0.717) is 23.8 Å². The van der Waals surface area contributed by atoms with Crippen LogP contribution in [0.1, 0.15) is 28.8 Å². The Morgan fingerprint density at radius 2 is 1.86 bits per heavy atom. The van der Waals surface area contributed by atoms with Gasteiger partial charge in [-0.25, -0.2) is 4.98 Å². The smallest absolute Gasteiger partial charge is 0.253 e. The van der Waals surface area contributed by atoms with Crippen molar-refractivity contribution < 1.29 is 9.59 Å². The number of carbonyl (C=O) groups excluding carboxylic acids is 2. The van der Waals surface area contributed by atoms with Gasteiger partial charge < -0.3 is 10.2 Å². The van der Waals surface area contributed by atoms with E-state index in [-0.39, 0.29) is 17.7 Å². The Balaban J connectivity index is 1.39. The molecule has 148 valence electrons. The van der Waals surface area contributed by atoms with Crippen LogP contribution in [0.25, 0.3) is 11.3 Å². The van der Waals surface area contributed by atoms with Gasteiger partial charge in [0.2, 0.25) is 5.91 Å². The predicted molar refractivity (Wildman–Crippen MR) is 116 cm³/mol. The van der Waals surface area contributed by atoms with Gasteiger partial charge in [0.1, 0.15) is 0 Å². The van der Waals surface area contributed by atoms with Crippen molar-refractivity contribution in [1.82, 2.24) is 9.88 Å². The number of carbonyl (C=O) groups is 2. The fraction of sp³-hybridized carbons (Fsp3) is 0.261. The monoisotopic (exact) mass is 405 g/mol. The minimum Gasteiger partial charge on any atom is -0.338 e. The third-order valence-electron chi connectivity index (χ3n) is 5.18. The first-order valence-corrected chi connectivity index (χ1v) is 10.7. The molecule has 1 aromatic heterocycles. The first-order chi connectivity index (χ1) is 14.1. The molecule has 0 radical (unpaired) electrons. The lowest BCUT2D eigenvalue weighted by molar-refractivity contribution is -0.121. The molecule has 4 rings (SSSR count). The summed E-state index contributed by atoms with van der Waals surface area (Å²) in [6.45, 7) is 3.12. The number of piperidine rings is 1. The molecule has 1 unspecified atom stereocenters. The average Bonchev–Trinajstić information content (AvgIpc) is 3.23. The highest BCUT2D eigenvalue weighted by atomic mass is 32.1. The topological polar surface area (TPSA) is 62.3 Å². The molecule has 5 nitrogen and oxygen atoms in total. The molecular weight excluding hydrogens is 382 g/mol. The number of likely N-dealkylation sites (tertiary alicyclic amines) is 1. The summed E-state index contributed by atoms with van der Waals surface area (Å²) in [5.41, 5.74) is 3.67. The van der Waals surface area contributed by atoms with Crippen molar-refractivity contribution >= 4 is 28.3 Å². The van der Waals surface area contributed by atoms with E-state index in [1.165, 1.54) is 11.3 Å². The van der Waals surface area contributed by atoms with Crippen molar-refractivity contribution in [3.05, 3.63) is 71.1 Å². The van der Waals surface area contributed by atoms with Crippen LogP contribution in [0.5, 0.6) is 0 Å².